The van der Waals surface area contributed by atoms with Crippen LogP contribution in [-0.4, -0.2) is 10.8 Å². The SMILES string of the molecule is Nc1c(C(=O)c2ccccc2Br)sc2nc(-c3ccccc3)c3c(c12)CCCC3. The number of benzene rings is 2. The summed E-state index contributed by atoms with van der Waals surface area (Å²) >= 11 is 4.90. The minimum absolute atomic E-state index is 0.0520. The minimum atomic E-state index is -0.0520. The molecular formula is C24H19BrN2OS. The summed E-state index contributed by atoms with van der Waals surface area (Å²) in [6, 6.07) is 17.8. The molecular weight excluding hydrogens is 444 g/mol. The maximum atomic E-state index is 13.3. The lowest BCUT2D eigenvalue weighted by Gasteiger charge is -2.20. The van der Waals surface area contributed by atoms with Gasteiger partial charge >= 0.3 is 0 Å². The van der Waals surface area contributed by atoms with Crippen molar-refractivity contribution in [3.63, 3.8) is 0 Å². The molecule has 1 aliphatic rings. The molecule has 2 aromatic carbocycles. The smallest absolute Gasteiger partial charge is 0.206 e. The number of aromatic nitrogens is 1. The first-order valence-electron chi connectivity index (χ1n) is 9.73. The number of ketones is 1. The molecule has 0 unspecified atom stereocenters. The Balaban J connectivity index is 1.75. The summed E-state index contributed by atoms with van der Waals surface area (Å²) in [6.45, 7) is 0. The molecule has 5 heteroatoms. The second-order valence-electron chi connectivity index (χ2n) is 7.32. The summed E-state index contributed by atoms with van der Waals surface area (Å²) in [5.41, 5.74) is 12.5. The Kier molecular flexibility index (Phi) is 4.72. The van der Waals surface area contributed by atoms with Gasteiger partial charge in [-0.2, -0.15) is 0 Å². The van der Waals surface area contributed by atoms with Gasteiger partial charge in [0.1, 0.15) is 9.71 Å². The normalized spacial score (nSPS) is 13.4. The van der Waals surface area contributed by atoms with E-state index in [0.29, 0.717) is 16.1 Å². The van der Waals surface area contributed by atoms with Gasteiger partial charge < -0.3 is 5.73 Å². The van der Waals surface area contributed by atoms with Crippen molar-refractivity contribution in [2.45, 2.75) is 25.7 Å². The van der Waals surface area contributed by atoms with Crippen molar-refractivity contribution in [2.75, 3.05) is 5.73 Å². The predicted octanol–water partition coefficient (Wildman–Crippen LogP) is 6.42. The van der Waals surface area contributed by atoms with Crippen LogP contribution in [0.15, 0.2) is 59.1 Å². The second kappa shape index (κ2) is 7.39. The van der Waals surface area contributed by atoms with E-state index in [9.17, 15) is 4.79 Å². The van der Waals surface area contributed by atoms with Crippen molar-refractivity contribution in [1.29, 1.82) is 0 Å². The third-order valence-electron chi connectivity index (χ3n) is 5.57. The maximum absolute atomic E-state index is 13.3. The standard InChI is InChI=1S/C24H19BrN2OS/c25-18-13-7-6-12-17(18)22(28)23-20(26)19-15-10-4-5-11-16(15)21(27-24(19)29-23)14-8-2-1-3-9-14/h1-3,6-9,12-13H,4-5,10-11,26H2. The number of pyridine rings is 1. The third-order valence-corrected chi connectivity index (χ3v) is 7.36. The molecule has 0 bridgehead atoms. The number of nitrogens with two attached hydrogens (primary N) is 1. The monoisotopic (exact) mass is 462 g/mol. The van der Waals surface area contributed by atoms with Crippen molar-refractivity contribution in [3.8, 4) is 11.3 Å². The molecule has 2 heterocycles. The molecule has 0 radical (unpaired) electrons. The van der Waals surface area contributed by atoms with E-state index in [4.69, 9.17) is 10.7 Å². The van der Waals surface area contributed by atoms with E-state index in [2.05, 4.69) is 28.1 Å². The fraction of sp³-hybridized carbons (Fsp3) is 0.167. The highest BCUT2D eigenvalue weighted by molar-refractivity contribution is 9.10. The fourth-order valence-corrected chi connectivity index (χ4v) is 5.73. The molecule has 0 saturated heterocycles. The average Bonchev–Trinajstić information content (AvgIpc) is 3.10. The molecule has 144 valence electrons. The number of hydrogen-bond donors (Lipinski definition) is 1. The summed E-state index contributed by atoms with van der Waals surface area (Å²) in [5.74, 6) is -0.0520. The first-order chi connectivity index (χ1) is 14.1. The van der Waals surface area contributed by atoms with E-state index < -0.39 is 0 Å². The number of carbonyl (C=O) groups excluding carboxylic acids is 1. The zero-order valence-electron chi connectivity index (χ0n) is 15.7. The van der Waals surface area contributed by atoms with Gasteiger partial charge in [-0.15, -0.1) is 11.3 Å². The van der Waals surface area contributed by atoms with Gasteiger partial charge in [-0.1, -0.05) is 58.4 Å². The molecule has 0 amide bonds. The van der Waals surface area contributed by atoms with Gasteiger partial charge in [0.15, 0.2) is 0 Å². The molecule has 0 saturated carbocycles. The molecule has 0 atom stereocenters. The molecule has 2 aromatic heterocycles. The number of fused-ring (bicyclic) bond motifs is 3. The Bertz CT molecular complexity index is 1250. The zero-order chi connectivity index (χ0) is 20.0. The first kappa shape index (κ1) is 18.5. The van der Waals surface area contributed by atoms with Crippen LogP contribution < -0.4 is 5.73 Å². The molecule has 5 rings (SSSR count). The topological polar surface area (TPSA) is 56.0 Å². The van der Waals surface area contributed by atoms with Gasteiger partial charge in [0.05, 0.1) is 11.4 Å². The second-order valence-corrected chi connectivity index (χ2v) is 9.18. The molecule has 4 aromatic rings. The molecule has 0 fully saturated rings. The lowest BCUT2D eigenvalue weighted by atomic mass is 9.87. The van der Waals surface area contributed by atoms with Gasteiger partial charge in [0, 0.05) is 21.0 Å². The van der Waals surface area contributed by atoms with Crippen LogP contribution in [0.5, 0.6) is 0 Å². The molecule has 0 aliphatic heterocycles. The van der Waals surface area contributed by atoms with E-state index in [1.807, 2.05) is 42.5 Å². The van der Waals surface area contributed by atoms with Gasteiger partial charge in [0.2, 0.25) is 5.78 Å². The minimum Gasteiger partial charge on any atom is -0.397 e. The highest BCUT2D eigenvalue weighted by Crippen LogP contribution is 2.43. The molecule has 0 spiro atoms. The van der Waals surface area contributed by atoms with Crippen LogP contribution in [-0.2, 0) is 12.8 Å². The van der Waals surface area contributed by atoms with Gasteiger partial charge in [-0.25, -0.2) is 4.98 Å². The predicted molar refractivity (Wildman–Crippen MR) is 124 cm³/mol. The lowest BCUT2D eigenvalue weighted by molar-refractivity contribution is 0.104. The highest BCUT2D eigenvalue weighted by atomic mass is 79.9. The van der Waals surface area contributed by atoms with Crippen LogP contribution in [0.3, 0.4) is 0 Å². The number of hydrogen-bond acceptors (Lipinski definition) is 4. The van der Waals surface area contributed by atoms with Crippen molar-refractivity contribution in [1.82, 2.24) is 4.98 Å². The van der Waals surface area contributed by atoms with Crippen LogP contribution in [0.2, 0.25) is 0 Å². The van der Waals surface area contributed by atoms with Gasteiger partial charge in [-0.05, 0) is 48.9 Å². The molecule has 1 aliphatic carbocycles. The summed E-state index contributed by atoms with van der Waals surface area (Å²) in [4.78, 5) is 19.7. The van der Waals surface area contributed by atoms with Crippen LogP contribution >= 0.6 is 27.3 Å². The number of anilines is 1. The number of aryl methyl sites for hydroxylation is 1. The van der Waals surface area contributed by atoms with E-state index in [-0.39, 0.29) is 5.78 Å². The van der Waals surface area contributed by atoms with Gasteiger partial charge in [-0.3, -0.25) is 4.79 Å². The number of nitrogens with zero attached hydrogens (tertiary/aromatic N) is 1. The van der Waals surface area contributed by atoms with E-state index in [1.165, 1.54) is 22.5 Å². The Labute approximate surface area is 181 Å². The molecule has 3 nitrogen and oxygen atoms in total. The molecule has 29 heavy (non-hydrogen) atoms. The number of halogens is 1. The van der Waals surface area contributed by atoms with Crippen LogP contribution in [0.25, 0.3) is 21.5 Å². The van der Waals surface area contributed by atoms with Crippen molar-refractivity contribution < 1.29 is 4.79 Å². The van der Waals surface area contributed by atoms with E-state index in [0.717, 1.165) is 51.6 Å². The largest absolute Gasteiger partial charge is 0.397 e. The van der Waals surface area contributed by atoms with E-state index >= 15 is 0 Å². The lowest BCUT2D eigenvalue weighted by Crippen LogP contribution is -2.08. The first-order valence-corrected chi connectivity index (χ1v) is 11.3. The number of nitrogen functional groups attached to an aromatic ring is 1. The zero-order valence-corrected chi connectivity index (χ0v) is 18.1. The summed E-state index contributed by atoms with van der Waals surface area (Å²) in [7, 11) is 0. The molecule has 2 N–H and O–H groups in total. The van der Waals surface area contributed by atoms with Gasteiger partial charge in [0.25, 0.3) is 0 Å². The summed E-state index contributed by atoms with van der Waals surface area (Å²) in [5, 5.41) is 0.986. The van der Waals surface area contributed by atoms with Crippen molar-refractivity contribution in [2.24, 2.45) is 0 Å². The Morgan fingerprint density at radius 2 is 1.66 bits per heavy atom. The van der Waals surface area contributed by atoms with Crippen LogP contribution in [0, 0.1) is 0 Å². The summed E-state index contributed by atoms with van der Waals surface area (Å²) in [6.07, 6.45) is 4.29. The van der Waals surface area contributed by atoms with Crippen molar-refractivity contribution in [3.05, 3.63) is 80.6 Å². The van der Waals surface area contributed by atoms with Crippen molar-refractivity contribution >= 4 is 49.0 Å². The van der Waals surface area contributed by atoms with E-state index in [1.54, 1.807) is 0 Å². The van der Waals surface area contributed by atoms with Crippen LogP contribution in [0.4, 0.5) is 5.69 Å². The number of rotatable bonds is 3. The highest BCUT2D eigenvalue weighted by Gasteiger charge is 2.26. The Morgan fingerprint density at radius 1 is 0.966 bits per heavy atom. The number of carbonyl (C=O) groups is 1. The average molecular weight is 463 g/mol. The number of thiophene rings is 1. The Morgan fingerprint density at radius 3 is 2.41 bits per heavy atom. The third kappa shape index (κ3) is 3.09. The fourth-order valence-electron chi connectivity index (χ4n) is 4.18. The maximum Gasteiger partial charge on any atom is 0.206 e. The van der Waals surface area contributed by atoms with Crippen LogP contribution in [0.1, 0.15) is 39.2 Å². The Hall–Kier alpha value is -2.50. The summed E-state index contributed by atoms with van der Waals surface area (Å²) < 4.78 is 0.779. The quantitative estimate of drug-likeness (QED) is 0.357.